The van der Waals surface area contributed by atoms with Crippen LogP contribution in [0, 0.1) is 5.92 Å². The monoisotopic (exact) mass is 374 g/mol. The SMILES string of the molecule is Cl.NCC(NC(=O)c1cccc(-n2nccc2C(F)(F)F)c1)C1CC1. The maximum atomic E-state index is 13.0. The molecule has 1 aromatic carbocycles. The molecule has 1 heterocycles. The molecule has 2 aromatic rings. The molecule has 1 saturated carbocycles. The average Bonchev–Trinajstić information content (AvgIpc) is 3.26. The quantitative estimate of drug-likeness (QED) is 0.845. The first-order valence-electron chi connectivity index (χ1n) is 7.62. The van der Waals surface area contributed by atoms with Crippen LogP contribution in [0.25, 0.3) is 5.69 Å². The lowest BCUT2D eigenvalue weighted by atomic mass is 10.1. The highest BCUT2D eigenvalue weighted by Gasteiger charge is 2.35. The first-order chi connectivity index (χ1) is 11.4. The standard InChI is InChI=1S/C16H17F3N4O.ClH/c17-16(18,19)14-6-7-21-23(14)12-3-1-2-11(8-12)15(24)22-13(9-20)10-4-5-10;/h1-3,6-8,10,13H,4-5,9,20H2,(H,22,24);1H. The van der Waals surface area contributed by atoms with Gasteiger partial charge in [-0.3, -0.25) is 4.79 Å². The summed E-state index contributed by atoms with van der Waals surface area (Å²) in [5.41, 5.74) is 5.22. The Morgan fingerprint density at radius 2 is 2.08 bits per heavy atom. The van der Waals surface area contributed by atoms with Crippen molar-refractivity contribution in [1.82, 2.24) is 15.1 Å². The molecule has 0 spiro atoms. The summed E-state index contributed by atoms with van der Waals surface area (Å²) in [6.45, 7) is 0.341. The van der Waals surface area contributed by atoms with E-state index in [9.17, 15) is 18.0 Å². The minimum atomic E-state index is -4.52. The van der Waals surface area contributed by atoms with E-state index in [4.69, 9.17) is 5.73 Å². The Bertz CT molecular complexity index is 743. The third-order valence-corrected chi connectivity index (χ3v) is 4.05. The van der Waals surface area contributed by atoms with Crippen molar-refractivity contribution in [2.45, 2.75) is 25.1 Å². The summed E-state index contributed by atoms with van der Waals surface area (Å²) < 4.78 is 39.7. The fourth-order valence-electron chi connectivity index (χ4n) is 2.62. The number of benzene rings is 1. The number of rotatable bonds is 5. The Morgan fingerprint density at radius 3 is 2.68 bits per heavy atom. The van der Waals surface area contributed by atoms with Crippen molar-refractivity contribution in [3.63, 3.8) is 0 Å². The summed E-state index contributed by atoms with van der Waals surface area (Å²) in [7, 11) is 0. The first kappa shape index (κ1) is 19.3. The minimum Gasteiger partial charge on any atom is -0.348 e. The van der Waals surface area contributed by atoms with Gasteiger partial charge in [0.15, 0.2) is 0 Å². The highest BCUT2D eigenvalue weighted by molar-refractivity contribution is 5.95. The molecule has 136 valence electrons. The molecule has 1 atom stereocenters. The molecule has 0 radical (unpaired) electrons. The van der Waals surface area contributed by atoms with Crippen LogP contribution in [0.5, 0.6) is 0 Å². The zero-order valence-electron chi connectivity index (χ0n) is 13.2. The second-order valence-corrected chi connectivity index (χ2v) is 5.83. The van der Waals surface area contributed by atoms with Gasteiger partial charge in [0.2, 0.25) is 0 Å². The molecular formula is C16H18ClF3N4O. The van der Waals surface area contributed by atoms with Gasteiger partial charge in [0.25, 0.3) is 5.91 Å². The Morgan fingerprint density at radius 1 is 1.36 bits per heavy atom. The fourth-order valence-corrected chi connectivity index (χ4v) is 2.62. The normalized spacial score (nSPS) is 15.4. The summed E-state index contributed by atoms with van der Waals surface area (Å²) in [6.07, 6.45) is -1.38. The molecule has 3 N–H and O–H groups in total. The summed E-state index contributed by atoms with van der Waals surface area (Å²) in [5, 5.41) is 6.56. The molecule has 25 heavy (non-hydrogen) atoms. The van der Waals surface area contributed by atoms with Gasteiger partial charge in [-0.05, 0) is 43.0 Å². The van der Waals surface area contributed by atoms with Gasteiger partial charge in [-0.1, -0.05) is 6.07 Å². The van der Waals surface area contributed by atoms with Crippen molar-refractivity contribution >= 4 is 18.3 Å². The highest BCUT2D eigenvalue weighted by atomic mass is 35.5. The number of carbonyl (C=O) groups is 1. The maximum absolute atomic E-state index is 13.0. The topological polar surface area (TPSA) is 72.9 Å². The zero-order chi connectivity index (χ0) is 17.3. The lowest BCUT2D eigenvalue weighted by molar-refractivity contribution is -0.142. The molecular weight excluding hydrogens is 357 g/mol. The molecule has 1 amide bonds. The van der Waals surface area contributed by atoms with Crippen LogP contribution < -0.4 is 11.1 Å². The average molecular weight is 375 g/mol. The van der Waals surface area contributed by atoms with Crippen LogP contribution in [0.3, 0.4) is 0 Å². The highest BCUT2D eigenvalue weighted by Crippen LogP contribution is 2.32. The smallest absolute Gasteiger partial charge is 0.348 e. The number of aromatic nitrogens is 2. The first-order valence-corrected chi connectivity index (χ1v) is 7.62. The predicted molar refractivity (Wildman–Crippen MR) is 88.8 cm³/mol. The Balaban J connectivity index is 0.00000225. The van der Waals surface area contributed by atoms with Crippen LogP contribution in [0.4, 0.5) is 13.2 Å². The summed E-state index contributed by atoms with van der Waals surface area (Å²) >= 11 is 0. The molecule has 0 aliphatic heterocycles. The zero-order valence-corrected chi connectivity index (χ0v) is 14.0. The number of carbonyl (C=O) groups excluding carboxylic acids is 1. The van der Waals surface area contributed by atoms with Crippen molar-refractivity contribution in [3.8, 4) is 5.69 Å². The fraction of sp³-hybridized carbons (Fsp3) is 0.375. The van der Waals surface area contributed by atoms with Crippen molar-refractivity contribution < 1.29 is 18.0 Å². The van der Waals surface area contributed by atoms with Crippen molar-refractivity contribution in [1.29, 1.82) is 0 Å². The van der Waals surface area contributed by atoms with E-state index < -0.39 is 11.9 Å². The maximum Gasteiger partial charge on any atom is 0.433 e. The van der Waals surface area contributed by atoms with E-state index in [0.717, 1.165) is 29.8 Å². The number of alkyl halides is 3. The van der Waals surface area contributed by atoms with Gasteiger partial charge in [0.1, 0.15) is 5.69 Å². The van der Waals surface area contributed by atoms with Gasteiger partial charge in [0, 0.05) is 18.2 Å². The van der Waals surface area contributed by atoms with Crippen LogP contribution in [0.15, 0.2) is 36.5 Å². The van der Waals surface area contributed by atoms with E-state index in [2.05, 4.69) is 10.4 Å². The molecule has 1 aliphatic rings. The van der Waals surface area contributed by atoms with Crippen molar-refractivity contribution in [3.05, 3.63) is 47.8 Å². The summed E-state index contributed by atoms with van der Waals surface area (Å²) in [4.78, 5) is 12.3. The number of nitrogens with one attached hydrogen (secondary N) is 1. The van der Waals surface area contributed by atoms with Crippen LogP contribution in [0.2, 0.25) is 0 Å². The molecule has 9 heteroatoms. The largest absolute Gasteiger partial charge is 0.433 e. The summed E-state index contributed by atoms with van der Waals surface area (Å²) in [6, 6.07) is 6.73. The number of amides is 1. The second kappa shape index (κ2) is 7.45. The summed E-state index contributed by atoms with van der Waals surface area (Å²) in [5.74, 6) is 0.0463. The molecule has 3 rings (SSSR count). The van der Waals surface area contributed by atoms with Crippen LogP contribution in [-0.4, -0.2) is 28.3 Å². The van der Waals surface area contributed by atoms with Crippen LogP contribution >= 0.6 is 12.4 Å². The molecule has 1 unspecified atom stereocenters. The van der Waals surface area contributed by atoms with Crippen LogP contribution in [-0.2, 0) is 6.18 Å². The van der Waals surface area contributed by atoms with E-state index in [-0.39, 0.29) is 35.6 Å². The minimum absolute atomic E-state index is 0. The van der Waals surface area contributed by atoms with Gasteiger partial charge in [-0.25, -0.2) is 4.68 Å². The molecule has 1 aromatic heterocycles. The third kappa shape index (κ3) is 4.32. The van der Waals surface area contributed by atoms with E-state index in [1.54, 1.807) is 6.07 Å². The van der Waals surface area contributed by atoms with Gasteiger partial charge in [-0.15, -0.1) is 12.4 Å². The molecule has 5 nitrogen and oxygen atoms in total. The number of nitrogens with two attached hydrogens (primary N) is 1. The predicted octanol–water partition coefficient (Wildman–Crippen LogP) is 2.78. The molecule has 1 aliphatic carbocycles. The van der Waals surface area contributed by atoms with E-state index in [1.807, 2.05) is 0 Å². The van der Waals surface area contributed by atoms with Gasteiger partial charge < -0.3 is 11.1 Å². The van der Waals surface area contributed by atoms with E-state index in [0.29, 0.717) is 12.5 Å². The lowest BCUT2D eigenvalue weighted by Crippen LogP contribution is -2.41. The molecule has 0 saturated heterocycles. The third-order valence-electron chi connectivity index (χ3n) is 4.05. The van der Waals surface area contributed by atoms with Gasteiger partial charge >= 0.3 is 6.18 Å². The number of nitrogens with zero attached hydrogens (tertiary/aromatic N) is 2. The van der Waals surface area contributed by atoms with Gasteiger partial charge in [0.05, 0.1) is 11.9 Å². The Hall–Kier alpha value is -2.06. The van der Waals surface area contributed by atoms with E-state index in [1.165, 1.54) is 18.2 Å². The lowest BCUT2D eigenvalue weighted by Gasteiger charge is -2.16. The second-order valence-electron chi connectivity index (χ2n) is 5.83. The number of hydrogen-bond donors (Lipinski definition) is 2. The Labute approximate surface area is 148 Å². The number of hydrogen-bond acceptors (Lipinski definition) is 3. The molecule has 0 bridgehead atoms. The van der Waals surface area contributed by atoms with Crippen molar-refractivity contribution in [2.75, 3.05) is 6.54 Å². The molecule has 1 fully saturated rings. The Kier molecular flexibility index (Phi) is 5.74. The van der Waals surface area contributed by atoms with Crippen LogP contribution in [0.1, 0.15) is 28.9 Å². The number of halogens is 4. The van der Waals surface area contributed by atoms with Crippen molar-refractivity contribution in [2.24, 2.45) is 11.7 Å². The van der Waals surface area contributed by atoms with Gasteiger partial charge in [-0.2, -0.15) is 18.3 Å². The van der Waals surface area contributed by atoms with E-state index >= 15 is 0 Å².